The number of carboxylic acid groups (broad SMARTS) is 1. The fraction of sp³-hybridized carbons (Fsp3) is 0.208. The van der Waals surface area contributed by atoms with E-state index in [0.29, 0.717) is 5.56 Å². The van der Waals surface area contributed by atoms with Crippen LogP contribution in [0.1, 0.15) is 22.3 Å². The molecule has 0 amide bonds. The molecule has 0 aliphatic rings. The topological polar surface area (TPSA) is 58.6 Å². The van der Waals surface area contributed by atoms with E-state index < -0.39 is 14.8 Å². The van der Waals surface area contributed by atoms with Crippen LogP contribution in [0.2, 0.25) is 12.6 Å². The first-order valence-corrected chi connectivity index (χ1v) is 12.8. The van der Waals surface area contributed by atoms with Gasteiger partial charge in [0.2, 0.25) is 0 Å². The number of ether oxygens (including phenoxy) is 1. The second kappa shape index (κ2) is 12.6. The summed E-state index contributed by atoms with van der Waals surface area (Å²) in [6.07, 6.45) is 1.13. The number of aromatic carboxylic acids is 1. The third-order valence-corrected chi connectivity index (χ3v) is 7.38. The summed E-state index contributed by atoms with van der Waals surface area (Å²) in [6.45, 7) is 3.32. The Bertz CT molecular complexity index is 902. The van der Waals surface area contributed by atoms with Crippen LogP contribution in [0.4, 0.5) is 5.69 Å². The second-order valence-electron chi connectivity index (χ2n) is 7.32. The summed E-state index contributed by atoms with van der Waals surface area (Å²) in [5.41, 5.74) is 2.66. The van der Waals surface area contributed by atoms with E-state index in [-0.39, 0.29) is 29.6 Å². The average molecular weight is 430 g/mol. The molecular formula is C24H28NNaO3Si. The molecule has 0 spiro atoms. The molecule has 0 aliphatic carbocycles. The minimum atomic E-state index is -0.893. The van der Waals surface area contributed by atoms with Gasteiger partial charge in [0.05, 0.1) is 5.56 Å². The standard InChI is InChI=1S/C24H27NO3Si.Na.H/c1-29(17-5-16-25-21-12-10-20(11-13-21)24(26)27)18-19-8-14-23(15-9-19)28-22-6-3-2-4-7-22;;/h2-4,6-15,25,29H,5,16-18H2,1H3,(H,26,27);;. The molecular weight excluding hydrogens is 401 g/mol. The van der Waals surface area contributed by atoms with Gasteiger partial charge >= 0.3 is 35.5 Å². The first-order chi connectivity index (χ1) is 14.1. The van der Waals surface area contributed by atoms with Gasteiger partial charge in [-0.15, -0.1) is 0 Å². The molecule has 0 saturated carbocycles. The molecule has 1 unspecified atom stereocenters. The molecule has 0 bridgehead atoms. The molecule has 3 aromatic carbocycles. The van der Waals surface area contributed by atoms with Crippen molar-refractivity contribution in [1.82, 2.24) is 0 Å². The molecule has 4 nitrogen and oxygen atoms in total. The van der Waals surface area contributed by atoms with Gasteiger partial charge < -0.3 is 15.2 Å². The van der Waals surface area contributed by atoms with Crippen molar-refractivity contribution in [1.29, 1.82) is 0 Å². The summed E-state index contributed by atoms with van der Waals surface area (Å²) in [6, 6.07) is 27.6. The van der Waals surface area contributed by atoms with Gasteiger partial charge in [-0.05, 0) is 61.0 Å². The van der Waals surface area contributed by atoms with Crippen molar-refractivity contribution >= 4 is 50.0 Å². The molecule has 0 aromatic heterocycles. The predicted molar refractivity (Wildman–Crippen MR) is 128 cm³/mol. The predicted octanol–water partition coefficient (Wildman–Crippen LogP) is 4.97. The van der Waals surface area contributed by atoms with Gasteiger partial charge in [-0.25, -0.2) is 4.79 Å². The Morgan fingerprint density at radius 3 is 2.20 bits per heavy atom. The van der Waals surface area contributed by atoms with E-state index in [9.17, 15) is 4.79 Å². The Morgan fingerprint density at radius 1 is 0.933 bits per heavy atom. The third-order valence-electron chi connectivity index (χ3n) is 4.82. The van der Waals surface area contributed by atoms with Crippen LogP contribution in [0, 0.1) is 0 Å². The van der Waals surface area contributed by atoms with Crippen LogP contribution in [0.25, 0.3) is 0 Å². The Labute approximate surface area is 202 Å². The zero-order chi connectivity index (χ0) is 20.5. The zero-order valence-electron chi connectivity index (χ0n) is 16.7. The van der Waals surface area contributed by atoms with E-state index in [1.807, 2.05) is 54.6 Å². The van der Waals surface area contributed by atoms with Gasteiger partial charge in [0.25, 0.3) is 0 Å². The first kappa shape index (κ1) is 24.2. The van der Waals surface area contributed by atoms with Crippen molar-refractivity contribution in [3.8, 4) is 11.5 Å². The summed E-state index contributed by atoms with van der Waals surface area (Å²) in [7, 11) is -0.819. The summed E-state index contributed by atoms with van der Waals surface area (Å²) >= 11 is 0. The van der Waals surface area contributed by atoms with E-state index in [1.54, 1.807) is 12.1 Å². The van der Waals surface area contributed by atoms with Gasteiger partial charge in [0.15, 0.2) is 0 Å². The average Bonchev–Trinajstić information content (AvgIpc) is 2.74. The molecule has 3 rings (SSSR count). The first-order valence-electron chi connectivity index (χ1n) is 9.99. The van der Waals surface area contributed by atoms with E-state index in [2.05, 4.69) is 24.0 Å². The molecule has 0 saturated heterocycles. The van der Waals surface area contributed by atoms with Gasteiger partial charge in [-0.3, -0.25) is 0 Å². The minimum absolute atomic E-state index is 0. The van der Waals surface area contributed by atoms with Crippen LogP contribution >= 0.6 is 0 Å². The van der Waals surface area contributed by atoms with Crippen molar-refractivity contribution in [3.05, 3.63) is 90.0 Å². The second-order valence-corrected chi connectivity index (χ2v) is 10.5. The number of para-hydroxylation sites is 1. The van der Waals surface area contributed by atoms with Gasteiger partial charge in [-0.2, -0.15) is 0 Å². The Hall–Kier alpha value is -2.05. The number of hydrogen-bond donors (Lipinski definition) is 2. The maximum absolute atomic E-state index is 10.9. The van der Waals surface area contributed by atoms with Gasteiger partial charge in [-0.1, -0.05) is 48.5 Å². The number of nitrogens with one attached hydrogen (secondary N) is 1. The Morgan fingerprint density at radius 2 is 1.57 bits per heavy atom. The van der Waals surface area contributed by atoms with Crippen LogP contribution in [-0.4, -0.2) is 56.0 Å². The Balaban J connectivity index is 0.00000320. The summed E-state index contributed by atoms with van der Waals surface area (Å²) in [4.78, 5) is 10.9. The number of anilines is 1. The number of carbonyl (C=O) groups is 1. The van der Waals surface area contributed by atoms with E-state index in [1.165, 1.54) is 17.7 Å². The molecule has 0 radical (unpaired) electrons. The molecule has 0 heterocycles. The fourth-order valence-electron chi connectivity index (χ4n) is 3.24. The zero-order valence-corrected chi connectivity index (χ0v) is 17.8. The van der Waals surface area contributed by atoms with Crippen LogP contribution in [0.15, 0.2) is 78.9 Å². The van der Waals surface area contributed by atoms with Crippen LogP contribution < -0.4 is 10.1 Å². The SMILES string of the molecule is C[SiH](CCCNc1ccc(C(=O)O)cc1)Cc1ccc(Oc2ccccc2)cc1.[NaH]. The molecule has 0 fully saturated rings. The maximum atomic E-state index is 10.9. The molecule has 152 valence electrons. The van der Waals surface area contributed by atoms with E-state index in [4.69, 9.17) is 9.84 Å². The van der Waals surface area contributed by atoms with Crippen molar-refractivity contribution in [2.45, 2.75) is 25.1 Å². The number of hydrogen-bond acceptors (Lipinski definition) is 3. The molecule has 2 N–H and O–H groups in total. The molecule has 30 heavy (non-hydrogen) atoms. The van der Waals surface area contributed by atoms with Crippen LogP contribution in [-0.2, 0) is 6.04 Å². The van der Waals surface area contributed by atoms with Crippen LogP contribution in [0.3, 0.4) is 0 Å². The van der Waals surface area contributed by atoms with E-state index >= 15 is 0 Å². The fourth-order valence-corrected chi connectivity index (χ4v) is 5.42. The van der Waals surface area contributed by atoms with E-state index in [0.717, 1.165) is 30.2 Å². The van der Waals surface area contributed by atoms with Crippen molar-refractivity contribution < 1.29 is 14.6 Å². The van der Waals surface area contributed by atoms with Crippen molar-refractivity contribution in [2.75, 3.05) is 11.9 Å². The molecule has 0 aliphatic heterocycles. The molecule has 3 aromatic rings. The number of rotatable bonds is 10. The van der Waals surface area contributed by atoms with Crippen molar-refractivity contribution in [3.63, 3.8) is 0 Å². The number of benzene rings is 3. The third kappa shape index (κ3) is 7.99. The summed E-state index contributed by atoms with van der Waals surface area (Å²) < 4.78 is 5.85. The Kier molecular flexibility index (Phi) is 10.2. The van der Waals surface area contributed by atoms with Crippen LogP contribution in [0.5, 0.6) is 11.5 Å². The van der Waals surface area contributed by atoms with Gasteiger partial charge in [0, 0.05) is 21.0 Å². The summed E-state index contributed by atoms with van der Waals surface area (Å²) in [5, 5.41) is 12.3. The summed E-state index contributed by atoms with van der Waals surface area (Å²) in [5.74, 6) is 0.830. The monoisotopic (exact) mass is 429 g/mol. The molecule has 1 atom stereocenters. The van der Waals surface area contributed by atoms with Crippen molar-refractivity contribution in [2.24, 2.45) is 0 Å². The van der Waals surface area contributed by atoms with Gasteiger partial charge in [0.1, 0.15) is 11.5 Å². The normalized spacial score (nSPS) is 11.2. The quantitative estimate of drug-likeness (QED) is 0.353. The molecule has 6 heteroatoms. The number of carboxylic acids is 1.